The maximum absolute atomic E-state index is 8.76. The second-order valence-corrected chi connectivity index (χ2v) is 4.52. The Labute approximate surface area is 107 Å². The molecule has 1 heterocycles. The fraction of sp³-hybridized carbons (Fsp3) is 0.0909. The number of benzene rings is 1. The molecule has 2 rings (SSSR count). The molecule has 0 unspecified atom stereocenters. The van der Waals surface area contributed by atoms with Gasteiger partial charge in [0.1, 0.15) is 0 Å². The molecule has 0 spiro atoms. The number of nitrogens with two attached hydrogens (primary N) is 1. The minimum absolute atomic E-state index is 0.0617. The third-order valence-corrected chi connectivity index (χ3v) is 2.74. The molecule has 1 aromatic carbocycles. The van der Waals surface area contributed by atoms with Gasteiger partial charge in [-0.05, 0) is 40.5 Å². The molecule has 0 aliphatic carbocycles. The van der Waals surface area contributed by atoms with Gasteiger partial charge in [0.2, 0.25) is 0 Å². The molecule has 88 valence electrons. The van der Waals surface area contributed by atoms with Crippen molar-refractivity contribution in [2.45, 2.75) is 6.92 Å². The van der Waals surface area contributed by atoms with Crippen LogP contribution in [0.25, 0.3) is 5.69 Å². The van der Waals surface area contributed by atoms with Crippen LogP contribution < -0.4 is 5.73 Å². The predicted molar refractivity (Wildman–Crippen MR) is 68.5 cm³/mol. The van der Waals surface area contributed by atoms with Crippen molar-refractivity contribution >= 4 is 21.8 Å². The lowest BCUT2D eigenvalue weighted by Gasteiger charge is -2.09. The van der Waals surface area contributed by atoms with Gasteiger partial charge < -0.3 is 10.9 Å². The lowest BCUT2D eigenvalue weighted by Crippen LogP contribution is -2.16. The van der Waals surface area contributed by atoms with E-state index in [0.29, 0.717) is 5.56 Å². The van der Waals surface area contributed by atoms with E-state index < -0.39 is 0 Å². The number of hydrogen-bond donors (Lipinski definition) is 2. The molecule has 0 amide bonds. The summed E-state index contributed by atoms with van der Waals surface area (Å²) in [6.45, 7) is 1.97. The molecule has 0 radical (unpaired) electrons. The number of oxime groups is 1. The van der Waals surface area contributed by atoms with Crippen molar-refractivity contribution < 1.29 is 5.21 Å². The molecule has 2 aromatic rings. The van der Waals surface area contributed by atoms with Gasteiger partial charge in [0.05, 0.1) is 16.4 Å². The first kappa shape index (κ1) is 11.7. The van der Waals surface area contributed by atoms with Gasteiger partial charge in [0, 0.05) is 11.8 Å². The maximum atomic E-state index is 8.76. The summed E-state index contributed by atoms with van der Waals surface area (Å²) in [6, 6.07) is 5.62. The number of rotatable bonds is 2. The molecular formula is C11H11BrN4O. The first-order valence-electron chi connectivity index (χ1n) is 4.91. The number of nitrogens with zero attached hydrogens (tertiary/aromatic N) is 3. The van der Waals surface area contributed by atoms with Crippen molar-refractivity contribution in [3.63, 3.8) is 0 Å². The van der Waals surface area contributed by atoms with Crippen molar-refractivity contribution in [1.29, 1.82) is 0 Å². The van der Waals surface area contributed by atoms with Gasteiger partial charge in [-0.2, -0.15) is 5.10 Å². The molecule has 0 saturated carbocycles. The summed E-state index contributed by atoms with van der Waals surface area (Å²) in [5.41, 5.74) is 8.11. The van der Waals surface area contributed by atoms with Crippen molar-refractivity contribution in [3.8, 4) is 5.69 Å². The Morgan fingerprint density at radius 2 is 2.29 bits per heavy atom. The molecule has 1 aromatic heterocycles. The van der Waals surface area contributed by atoms with Crippen molar-refractivity contribution in [2.24, 2.45) is 10.9 Å². The van der Waals surface area contributed by atoms with Crippen LogP contribution in [0.2, 0.25) is 0 Å². The summed E-state index contributed by atoms with van der Waals surface area (Å²) in [4.78, 5) is 0. The second-order valence-electron chi connectivity index (χ2n) is 3.61. The Bertz CT molecular complexity index is 577. The summed E-state index contributed by atoms with van der Waals surface area (Å²) >= 11 is 3.33. The molecule has 0 aliphatic heterocycles. The standard InChI is InChI=1S/C11H11BrN4O/c1-7-2-3-9(11(13)15-17)10(4-7)16-6-8(12)5-14-16/h2-6,17H,1H3,(H2,13,15). The summed E-state index contributed by atoms with van der Waals surface area (Å²) in [6.07, 6.45) is 3.49. The van der Waals surface area contributed by atoms with Gasteiger partial charge in [-0.3, -0.25) is 0 Å². The van der Waals surface area contributed by atoms with Crippen LogP contribution in [-0.2, 0) is 0 Å². The van der Waals surface area contributed by atoms with Crippen molar-refractivity contribution in [3.05, 3.63) is 46.2 Å². The molecule has 6 heteroatoms. The Kier molecular flexibility index (Phi) is 3.14. The van der Waals surface area contributed by atoms with Crippen LogP contribution in [0.1, 0.15) is 11.1 Å². The fourth-order valence-corrected chi connectivity index (χ4v) is 1.82. The van der Waals surface area contributed by atoms with Crippen molar-refractivity contribution in [2.75, 3.05) is 0 Å². The third-order valence-electron chi connectivity index (χ3n) is 2.33. The molecule has 0 fully saturated rings. The van der Waals surface area contributed by atoms with E-state index in [1.54, 1.807) is 16.9 Å². The van der Waals surface area contributed by atoms with Crippen LogP contribution in [0.4, 0.5) is 0 Å². The van der Waals surface area contributed by atoms with E-state index in [1.165, 1.54) is 0 Å². The van der Waals surface area contributed by atoms with E-state index in [9.17, 15) is 0 Å². The molecule has 0 bridgehead atoms. The van der Waals surface area contributed by atoms with E-state index in [0.717, 1.165) is 15.7 Å². The normalized spacial score (nSPS) is 11.8. The van der Waals surface area contributed by atoms with Crippen LogP contribution in [0.3, 0.4) is 0 Å². The van der Waals surface area contributed by atoms with Gasteiger partial charge in [-0.15, -0.1) is 0 Å². The quantitative estimate of drug-likeness (QED) is 0.385. The number of aromatic nitrogens is 2. The number of halogens is 1. The van der Waals surface area contributed by atoms with Crippen LogP contribution in [0.5, 0.6) is 0 Å². The molecular weight excluding hydrogens is 284 g/mol. The Morgan fingerprint density at radius 1 is 1.53 bits per heavy atom. The van der Waals surface area contributed by atoms with Crippen LogP contribution in [0.15, 0.2) is 40.2 Å². The Morgan fingerprint density at radius 3 is 2.88 bits per heavy atom. The molecule has 0 aliphatic rings. The molecule has 3 N–H and O–H groups in total. The average molecular weight is 295 g/mol. The maximum Gasteiger partial charge on any atom is 0.172 e. The first-order chi connectivity index (χ1) is 8.11. The highest BCUT2D eigenvalue weighted by atomic mass is 79.9. The monoisotopic (exact) mass is 294 g/mol. The zero-order valence-corrected chi connectivity index (χ0v) is 10.7. The minimum Gasteiger partial charge on any atom is -0.409 e. The lowest BCUT2D eigenvalue weighted by molar-refractivity contribution is 0.318. The second kappa shape index (κ2) is 4.58. The van der Waals surface area contributed by atoms with Gasteiger partial charge in [-0.25, -0.2) is 4.68 Å². The van der Waals surface area contributed by atoms with E-state index in [2.05, 4.69) is 26.2 Å². The molecule has 0 saturated heterocycles. The van der Waals surface area contributed by atoms with Gasteiger partial charge >= 0.3 is 0 Å². The highest BCUT2D eigenvalue weighted by molar-refractivity contribution is 9.10. The Balaban J connectivity index is 2.62. The van der Waals surface area contributed by atoms with E-state index in [4.69, 9.17) is 10.9 Å². The van der Waals surface area contributed by atoms with Gasteiger partial charge in [-0.1, -0.05) is 11.2 Å². The summed E-state index contributed by atoms with van der Waals surface area (Å²) in [7, 11) is 0. The minimum atomic E-state index is 0.0617. The molecule has 5 nitrogen and oxygen atoms in total. The first-order valence-corrected chi connectivity index (χ1v) is 5.70. The molecule has 17 heavy (non-hydrogen) atoms. The van der Waals surface area contributed by atoms with Crippen LogP contribution in [-0.4, -0.2) is 20.8 Å². The molecule has 0 atom stereocenters. The largest absolute Gasteiger partial charge is 0.409 e. The van der Waals surface area contributed by atoms with Gasteiger partial charge in [0.25, 0.3) is 0 Å². The smallest absolute Gasteiger partial charge is 0.172 e. The number of amidine groups is 1. The Hall–Kier alpha value is -1.82. The topological polar surface area (TPSA) is 76.4 Å². The SMILES string of the molecule is Cc1ccc(/C(N)=N/O)c(-n2cc(Br)cn2)c1. The summed E-state index contributed by atoms with van der Waals surface area (Å²) in [5, 5.41) is 16.0. The zero-order valence-electron chi connectivity index (χ0n) is 9.13. The highest BCUT2D eigenvalue weighted by Crippen LogP contribution is 2.18. The number of aryl methyl sites for hydroxylation is 1. The van der Waals surface area contributed by atoms with E-state index in [-0.39, 0.29) is 5.84 Å². The van der Waals surface area contributed by atoms with Crippen LogP contribution in [0, 0.1) is 6.92 Å². The van der Waals surface area contributed by atoms with E-state index >= 15 is 0 Å². The summed E-state index contributed by atoms with van der Waals surface area (Å²) < 4.78 is 2.54. The predicted octanol–water partition coefficient (Wildman–Crippen LogP) is 2.04. The van der Waals surface area contributed by atoms with Crippen LogP contribution >= 0.6 is 15.9 Å². The highest BCUT2D eigenvalue weighted by Gasteiger charge is 2.10. The van der Waals surface area contributed by atoms with E-state index in [1.807, 2.05) is 25.3 Å². The van der Waals surface area contributed by atoms with Gasteiger partial charge in [0.15, 0.2) is 5.84 Å². The third kappa shape index (κ3) is 2.31. The number of hydrogen-bond acceptors (Lipinski definition) is 3. The fourth-order valence-electron chi connectivity index (χ4n) is 1.53. The lowest BCUT2D eigenvalue weighted by atomic mass is 10.1. The summed E-state index contributed by atoms with van der Waals surface area (Å²) in [5.74, 6) is 0.0617. The van der Waals surface area contributed by atoms with Crippen molar-refractivity contribution in [1.82, 2.24) is 9.78 Å². The average Bonchev–Trinajstić information content (AvgIpc) is 2.75. The zero-order chi connectivity index (χ0) is 12.4.